The van der Waals surface area contributed by atoms with Crippen LogP contribution >= 0.6 is 11.6 Å². The van der Waals surface area contributed by atoms with Crippen LogP contribution in [0.1, 0.15) is 5.56 Å². The van der Waals surface area contributed by atoms with E-state index < -0.39 is 6.03 Å². The molecule has 2 aromatic rings. The van der Waals surface area contributed by atoms with E-state index in [9.17, 15) is 9.18 Å². The van der Waals surface area contributed by atoms with Gasteiger partial charge in [0.15, 0.2) is 0 Å². The van der Waals surface area contributed by atoms with Gasteiger partial charge in [-0.05, 0) is 42.0 Å². The number of anilines is 2. The summed E-state index contributed by atoms with van der Waals surface area (Å²) in [5.41, 5.74) is 7.32. The number of nitrogens with one attached hydrogen (secondary N) is 2. The molecule has 0 radical (unpaired) electrons. The Morgan fingerprint density at radius 2 is 1.90 bits per heavy atom. The number of carbonyl (C=O) groups is 1. The van der Waals surface area contributed by atoms with Gasteiger partial charge in [-0.2, -0.15) is 0 Å². The van der Waals surface area contributed by atoms with Crippen LogP contribution in [0.3, 0.4) is 0 Å². The number of amides is 2. The van der Waals surface area contributed by atoms with E-state index in [0.717, 1.165) is 5.56 Å². The average Bonchev–Trinajstić information content (AvgIpc) is 2.45. The second-order valence-corrected chi connectivity index (χ2v) is 4.63. The van der Waals surface area contributed by atoms with Crippen molar-refractivity contribution in [3.8, 4) is 0 Å². The van der Waals surface area contributed by atoms with E-state index in [1.165, 1.54) is 18.3 Å². The molecule has 21 heavy (non-hydrogen) atoms. The lowest BCUT2D eigenvalue weighted by Crippen LogP contribution is -2.23. The number of benzene rings is 2. The molecule has 4 nitrogen and oxygen atoms in total. The third-order valence-electron chi connectivity index (χ3n) is 2.62. The number of carbonyl (C=O) groups excluding carboxylic acids is 1. The maximum absolute atomic E-state index is 12.7. The number of nitrogen functional groups attached to an aromatic ring is 1. The number of halogens is 2. The monoisotopic (exact) mass is 305 g/mol. The molecule has 4 N–H and O–H groups in total. The average molecular weight is 306 g/mol. The first-order chi connectivity index (χ1) is 10.0. The van der Waals surface area contributed by atoms with Crippen molar-refractivity contribution in [2.45, 2.75) is 0 Å². The number of hydrogen-bond acceptors (Lipinski definition) is 2. The van der Waals surface area contributed by atoms with Gasteiger partial charge in [0, 0.05) is 11.9 Å². The Hall–Kier alpha value is -2.53. The fourth-order valence-electron chi connectivity index (χ4n) is 1.56. The fraction of sp³-hybridized carbons (Fsp3) is 0. The predicted molar refractivity (Wildman–Crippen MR) is 83.5 cm³/mol. The molecular weight excluding hydrogens is 293 g/mol. The lowest BCUT2D eigenvalue weighted by Gasteiger charge is -2.06. The Balaban J connectivity index is 1.89. The van der Waals surface area contributed by atoms with Crippen molar-refractivity contribution in [1.29, 1.82) is 0 Å². The Labute approximate surface area is 126 Å². The summed E-state index contributed by atoms with van der Waals surface area (Å²) in [7, 11) is 0. The molecule has 0 aliphatic heterocycles. The first-order valence-electron chi connectivity index (χ1n) is 6.09. The molecule has 2 amide bonds. The standard InChI is InChI=1S/C15H13ClFN3O/c16-13-9-12(5-6-14(13)18)20-15(21)19-8-7-10-1-3-11(17)4-2-10/h1-9H,18H2,(H2,19,20,21)/b8-7+. The molecule has 0 aromatic heterocycles. The molecule has 0 saturated heterocycles. The van der Waals surface area contributed by atoms with E-state index >= 15 is 0 Å². The fourth-order valence-corrected chi connectivity index (χ4v) is 1.74. The van der Waals surface area contributed by atoms with Crippen LogP contribution in [0.5, 0.6) is 0 Å². The molecule has 6 heteroatoms. The minimum atomic E-state index is -0.422. The van der Waals surface area contributed by atoms with Gasteiger partial charge < -0.3 is 16.4 Å². The Morgan fingerprint density at radius 3 is 2.57 bits per heavy atom. The SMILES string of the molecule is Nc1ccc(NC(=O)N/C=C/c2ccc(F)cc2)cc1Cl. The van der Waals surface area contributed by atoms with Crippen LogP contribution < -0.4 is 16.4 Å². The maximum Gasteiger partial charge on any atom is 0.323 e. The predicted octanol–water partition coefficient (Wildman–Crippen LogP) is 3.85. The minimum absolute atomic E-state index is 0.307. The molecule has 0 aliphatic rings. The molecule has 108 valence electrons. The van der Waals surface area contributed by atoms with Gasteiger partial charge in [0.05, 0.1) is 10.7 Å². The van der Waals surface area contributed by atoms with Crippen molar-refractivity contribution in [3.05, 3.63) is 65.1 Å². The first kappa shape index (κ1) is 14.9. The summed E-state index contributed by atoms with van der Waals surface area (Å²) in [5.74, 6) is -0.307. The quantitative estimate of drug-likeness (QED) is 0.754. The topological polar surface area (TPSA) is 67.1 Å². The van der Waals surface area contributed by atoms with Gasteiger partial charge in [-0.15, -0.1) is 0 Å². The van der Waals surface area contributed by atoms with Crippen LogP contribution in [0.15, 0.2) is 48.7 Å². The van der Waals surface area contributed by atoms with Gasteiger partial charge in [-0.1, -0.05) is 23.7 Å². The van der Waals surface area contributed by atoms with Crippen molar-refractivity contribution >= 4 is 35.1 Å². The van der Waals surface area contributed by atoms with Gasteiger partial charge in [0.25, 0.3) is 0 Å². The Bertz CT molecular complexity index is 671. The zero-order valence-corrected chi connectivity index (χ0v) is 11.7. The summed E-state index contributed by atoms with van der Waals surface area (Å²) in [4.78, 5) is 11.6. The zero-order valence-electron chi connectivity index (χ0n) is 10.9. The highest BCUT2D eigenvalue weighted by Gasteiger charge is 2.02. The number of hydrogen-bond donors (Lipinski definition) is 3. The van der Waals surface area contributed by atoms with Crippen LogP contribution in [-0.4, -0.2) is 6.03 Å². The molecule has 0 saturated carbocycles. The molecule has 0 spiro atoms. The number of rotatable bonds is 3. The van der Waals surface area contributed by atoms with Gasteiger partial charge in [-0.25, -0.2) is 9.18 Å². The maximum atomic E-state index is 12.7. The molecule has 0 aliphatic carbocycles. The van der Waals surface area contributed by atoms with E-state index in [2.05, 4.69) is 10.6 Å². The van der Waals surface area contributed by atoms with Crippen molar-refractivity contribution in [2.24, 2.45) is 0 Å². The summed E-state index contributed by atoms with van der Waals surface area (Å²) >= 11 is 5.85. The van der Waals surface area contributed by atoms with Gasteiger partial charge in [-0.3, -0.25) is 0 Å². The van der Waals surface area contributed by atoms with Gasteiger partial charge >= 0.3 is 6.03 Å². The molecule has 2 rings (SSSR count). The van der Waals surface area contributed by atoms with E-state index in [-0.39, 0.29) is 5.82 Å². The third-order valence-corrected chi connectivity index (χ3v) is 2.95. The summed E-state index contributed by atoms with van der Waals surface area (Å²) < 4.78 is 12.7. The van der Waals surface area contributed by atoms with Gasteiger partial charge in [0.2, 0.25) is 0 Å². The van der Waals surface area contributed by atoms with E-state index in [4.69, 9.17) is 17.3 Å². The zero-order chi connectivity index (χ0) is 15.2. The van der Waals surface area contributed by atoms with Crippen LogP contribution in [-0.2, 0) is 0 Å². The number of urea groups is 1. The highest BCUT2D eigenvalue weighted by molar-refractivity contribution is 6.33. The lowest BCUT2D eigenvalue weighted by atomic mass is 10.2. The summed E-state index contributed by atoms with van der Waals surface area (Å²) in [6, 6.07) is 10.3. The summed E-state index contributed by atoms with van der Waals surface area (Å²) in [6.07, 6.45) is 3.11. The molecule has 0 atom stereocenters. The Morgan fingerprint density at radius 1 is 1.19 bits per heavy atom. The van der Waals surface area contributed by atoms with Crippen LogP contribution in [0.25, 0.3) is 6.08 Å². The van der Waals surface area contributed by atoms with Gasteiger partial charge in [0.1, 0.15) is 5.82 Å². The minimum Gasteiger partial charge on any atom is -0.398 e. The molecule has 2 aromatic carbocycles. The molecule has 0 fully saturated rings. The lowest BCUT2D eigenvalue weighted by molar-refractivity contribution is 0.255. The van der Waals surface area contributed by atoms with Crippen LogP contribution in [0, 0.1) is 5.82 Å². The van der Waals surface area contributed by atoms with E-state index in [1.807, 2.05) is 0 Å². The van der Waals surface area contributed by atoms with Crippen molar-refractivity contribution < 1.29 is 9.18 Å². The summed E-state index contributed by atoms with van der Waals surface area (Å²) in [5, 5.41) is 5.50. The Kier molecular flexibility index (Phi) is 4.79. The second kappa shape index (κ2) is 6.76. The highest BCUT2D eigenvalue weighted by Crippen LogP contribution is 2.22. The molecular formula is C15H13ClFN3O. The van der Waals surface area contributed by atoms with Crippen molar-refractivity contribution in [3.63, 3.8) is 0 Å². The van der Waals surface area contributed by atoms with Crippen LogP contribution in [0.2, 0.25) is 5.02 Å². The normalized spacial score (nSPS) is 10.6. The van der Waals surface area contributed by atoms with Crippen molar-refractivity contribution in [1.82, 2.24) is 5.32 Å². The summed E-state index contributed by atoms with van der Waals surface area (Å²) in [6.45, 7) is 0. The van der Waals surface area contributed by atoms with Crippen LogP contribution in [0.4, 0.5) is 20.6 Å². The molecule has 0 unspecified atom stereocenters. The van der Waals surface area contributed by atoms with E-state index in [1.54, 1.807) is 36.4 Å². The highest BCUT2D eigenvalue weighted by atomic mass is 35.5. The van der Waals surface area contributed by atoms with Crippen molar-refractivity contribution in [2.75, 3.05) is 11.1 Å². The second-order valence-electron chi connectivity index (χ2n) is 4.22. The third kappa shape index (κ3) is 4.50. The number of nitrogens with two attached hydrogens (primary N) is 1. The largest absolute Gasteiger partial charge is 0.398 e. The smallest absolute Gasteiger partial charge is 0.323 e. The molecule has 0 bridgehead atoms. The van der Waals surface area contributed by atoms with E-state index in [0.29, 0.717) is 16.4 Å². The first-order valence-corrected chi connectivity index (χ1v) is 6.47. The molecule has 0 heterocycles.